The lowest BCUT2D eigenvalue weighted by atomic mass is 10.2. The second-order valence-corrected chi connectivity index (χ2v) is 6.48. The van der Waals surface area contributed by atoms with Gasteiger partial charge in [-0.1, -0.05) is 23.2 Å². The Labute approximate surface area is 172 Å². The van der Waals surface area contributed by atoms with Crippen LogP contribution in [-0.2, 0) is 9.59 Å². The Morgan fingerprint density at radius 3 is 2.25 bits per heavy atom. The van der Waals surface area contributed by atoms with Crippen molar-refractivity contribution >= 4 is 46.6 Å². The van der Waals surface area contributed by atoms with Crippen molar-refractivity contribution in [3.63, 3.8) is 0 Å². The normalized spacial score (nSPS) is 10.1. The third-order valence-electron chi connectivity index (χ3n) is 3.53. The van der Waals surface area contributed by atoms with Gasteiger partial charge in [-0.05, 0) is 49.4 Å². The standard InChI is InChI=1S/C19H19Cl2N3O4/c1-2-28-14-6-3-12(4-7-14)19(27)24-23-18(26)10-9-17(25)22-16-8-5-13(20)11-15(16)21/h3-8,11H,2,9-10H2,1H3,(H,22,25)(H,23,26)(H,24,27). The van der Waals surface area contributed by atoms with E-state index in [9.17, 15) is 14.4 Å². The molecule has 0 aliphatic heterocycles. The van der Waals surface area contributed by atoms with Gasteiger partial charge in [-0.3, -0.25) is 25.2 Å². The Kier molecular flexibility index (Phi) is 8.10. The molecular weight excluding hydrogens is 405 g/mol. The number of carbonyl (C=O) groups excluding carboxylic acids is 3. The molecule has 0 aliphatic carbocycles. The summed E-state index contributed by atoms with van der Waals surface area (Å²) in [7, 11) is 0. The summed E-state index contributed by atoms with van der Waals surface area (Å²) >= 11 is 11.8. The topological polar surface area (TPSA) is 96.5 Å². The van der Waals surface area contributed by atoms with Crippen molar-refractivity contribution in [2.75, 3.05) is 11.9 Å². The minimum atomic E-state index is -0.503. The molecule has 0 radical (unpaired) electrons. The van der Waals surface area contributed by atoms with Crippen molar-refractivity contribution in [3.8, 4) is 5.75 Å². The summed E-state index contributed by atoms with van der Waals surface area (Å²) in [6, 6.07) is 11.1. The number of rotatable bonds is 7. The first kappa shape index (κ1) is 21.5. The fourth-order valence-corrected chi connectivity index (χ4v) is 2.62. The summed E-state index contributed by atoms with van der Waals surface area (Å²) < 4.78 is 5.29. The van der Waals surface area contributed by atoms with Crippen LogP contribution in [0.15, 0.2) is 42.5 Å². The minimum absolute atomic E-state index is 0.0797. The van der Waals surface area contributed by atoms with E-state index in [0.717, 1.165) is 0 Å². The van der Waals surface area contributed by atoms with Crippen molar-refractivity contribution in [3.05, 3.63) is 58.1 Å². The van der Waals surface area contributed by atoms with Crippen LogP contribution < -0.4 is 20.9 Å². The molecule has 7 nitrogen and oxygen atoms in total. The van der Waals surface area contributed by atoms with E-state index in [2.05, 4.69) is 16.2 Å². The number of ether oxygens (including phenoxy) is 1. The number of hydrogen-bond donors (Lipinski definition) is 3. The maximum atomic E-state index is 12.0. The zero-order valence-electron chi connectivity index (χ0n) is 15.1. The Balaban J connectivity index is 1.74. The summed E-state index contributed by atoms with van der Waals surface area (Å²) in [5, 5.41) is 3.34. The largest absolute Gasteiger partial charge is 0.494 e. The molecule has 0 heterocycles. The summed E-state index contributed by atoms with van der Waals surface area (Å²) in [5.74, 6) is -0.725. The van der Waals surface area contributed by atoms with E-state index < -0.39 is 17.7 Å². The van der Waals surface area contributed by atoms with Gasteiger partial charge < -0.3 is 10.1 Å². The maximum Gasteiger partial charge on any atom is 0.269 e. The van der Waals surface area contributed by atoms with Gasteiger partial charge in [0.05, 0.1) is 17.3 Å². The number of nitrogens with one attached hydrogen (secondary N) is 3. The number of hydrogen-bond acceptors (Lipinski definition) is 4. The Morgan fingerprint density at radius 2 is 1.61 bits per heavy atom. The summed E-state index contributed by atoms with van der Waals surface area (Å²) in [4.78, 5) is 35.7. The Bertz CT molecular complexity index is 857. The second kappa shape index (κ2) is 10.5. The van der Waals surface area contributed by atoms with Crippen LogP contribution in [0.2, 0.25) is 10.0 Å². The zero-order chi connectivity index (χ0) is 20.5. The van der Waals surface area contributed by atoms with Gasteiger partial charge in [0.2, 0.25) is 11.8 Å². The number of halogens is 2. The number of anilines is 1. The average molecular weight is 424 g/mol. The van der Waals surface area contributed by atoms with Gasteiger partial charge in [-0.25, -0.2) is 0 Å². The number of carbonyl (C=O) groups is 3. The highest BCUT2D eigenvalue weighted by Crippen LogP contribution is 2.25. The van der Waals surface area contributed by atoms with Gasteiger partial charge >= 0.3 is 0 Å². The van der Waals surface area contributed by atoms with Crippen LogP contribution in [0.4, 0.5) is 5.69 Å². The maximum absolute atomic E-state index is 12.0. The lowest BCUT2D eigenvalue weighted by Crippen LogP contribution is -2.41. The Hall–Kier alpha value is -2.77. The van der Waals surface area contributed by atoms with Gasteiger partial charge in [0, 0.05) is 23.4 Å². The molecule has 0 atom stereocenters. The van der Waals surface area contributed by atoms with E-state index in [0.29, 0.717) is 33.7 Å². The first-order valence-electron chi connectivity index (χ1n) is 8.46. The molecule has 0 aromatic heterocycles. The van der Waals surface area contributed by atoms with Crippen LogP contribution in [0.1, 0.15) is 30.1 Å². The molecule has 0 spiro atoms. The van der Waals surface area contributed by atoms with Crippen molar-refractivity contribution in [1.29, 1.82) is 0 Å². The molecule has 0 bridgehead atoms. The first-order valence-corrected chi connectivity index (χ1v) is 9.21. The summed E-state index contributed by atoms with van der Waals surface area (Å²) in [5.41, 5.74) is 5.32. The van der Waals surface area contributed by atoms with Gasteiger partial charge in [0.1, 0.15) is 5.75 Å². The highest BCUT2D eigenvalue weighted by Gasteiger charge is 2.11. The van der Waals surface area contributed by atoms with E-state index in [1.165, 1.54) is 6.07 Å². The molecule has 0 aliphatic rings. The molecule has 9 heteroatoms. The molecule has 2 aromatic rings. The third-order valence-corrected chi connectivity index (χ3v) is 4.08. The van der Waals surface area contributed by atoms with E-state index in [1.54, 1.807) is 36.4 Å². The van der Waals surface area contributed by atoms with Crippen molar-refractivity contribution in [1.82, 2.24) is 10.9 Å². The molecule has 3 amide bonds. The SMILES string of the molecule is CCOc1ccc(C(=O)NNC(=O)CCC(=O)Nc2ccc(Cl)cc2Cl)cc1. The average Bonchev–Trinajstić information content (AvgIpc) is 2.67. The molecular formula is C19H19Cl2N3O4. The molecule has 0 unspecified atom stereocenters. The quantitative estimate of drug-likeness (QED) is 0.592. The smallest absolute Gasteiger partial charge is 0.269 e. The third kappa shape index (κ3) is 6.75. The van der Waals surface area contributed by atoms with E-state index in [1.807, 2.05) is 6.92 Å². The lowest BCUT2D eigenvalue weighted by Gasteiger charge is -2.09. The minimum Gasteiger partial charge on any atom is -0.494 e. The molecule has 3 N–H and O–H groups in total. The van der Waals surface area contributed by atoms with Crippen molar-refractivity contribution < 1.29 is 19.1 Å². The van der Waals surface area contributed by atoms with Crippen LogP contribution in [0.25, 0.3) is 0 Å². The zero-order valence-corrected chi connectivity index (χ0v) is 16.6. The highest BCUT2D eigenvalue weighted by atomic mass is 35.5. The fourth-order valence-electron chi connectivity index (χ4n) is 2.16. The van der Waals surface area contributed by atoms with Crippen LogP contribution in [0, 0.1) is 0 Å². The summed E-state index contributed by atoms with van der Waals surface area (Å²) in [6.07, 6.45) is -0.190. The van der Waals surface area contributed by atoms with Crippen LogP contribution >= 0.6 is 23.2 Å². The van der Waals surface area contributed by atoms with Crippen LogP contribution in [0.3, 0.4) is 0 Å². The van der Waals surface area contributed by atoms with Gasteiger partial charge in [0.15, 0.2) is 0 Å². The van der Waals surface area contributed by atoms with Gasteiger partial charge in [-0.2, -0.15) is 0 Å². The molecule has 0 saturated heterocycles. The molecule has 0 saturated carbocycles. The predicted molar refractivity (Wildman–Crippen MR) is 108 cm³/mol. The van der Waals surface area contributed by atoms with E-state index in [4.69, 9.17) is 27.9 Å². The molecule has 2 aromatic carbocycles. The van der Waals surface area contributed by atoms with E-state index in [-0.39, 0.29) is 12.8 Å². The molecule has 0 fully saturated rings. The monoisotopic (exact) mass is 423 g/mol. The fraction of sp³-hybridized carbons (Fsp3) is 0.211. The van der Waals surface area contributed by atoms with Crippen LogP contribution in [0.5, 0.6) is 5.75 Å². The number of benzene rings is 2. The Morgan fingerprint density at radius 1 is 0.929 bits per heavy atom. The second-order valence-electron chi connectivity index (χ2n) is 5.63. The summed E-state index contributed by atoms with van der Waals surface area (Å²) in [6.45, 7) is 2.39. The van der Waals surface area contributed by atoms with Crippen molar-refractivity contribution in [2.45, 2.75) is 19.8 Å². The van der Waals surface area contributed by atoms with Crippen molar-refractivity contribution in [2.24, 2.45) is 0 Å². The molecule has 148 valence electrons. The van der Waals surface area contributed by atoms with Gasteiger partial charge in [0.25, 0.3) is 5.91 Å². The number of hydrazine groups is 1. The first-order chi connectivity index (χ1) is 13.4. The number of amides is 3. The van der Waals surface area contributed by atoms with Crippen LogP contribution in [-0.4, -0.2) is 24.3 Å². The predicted octanol–water partition coefficient (Wildman–Crippen LogP) is 3.57. The highest BCUT2D eigenvalue weighted by molar-refractivity contribution is 6.36. The molecule has 28 heavy (non-hydrogen) atoms. The molecule has 2 rings (SSSR count). The van der Waals surface area contributed by atoms with Gasteiger partial charge in [-0.15, -0.1) is 0 Å². The van der Waals surface area contributed by atoms with E-state index >= 15 is 0 Å². The lowest BCUT2D eigenvalue weighted by molar-refractivity contribution is -0.124.